The van der Waals surface area contributed by atoms with Gasteiger partial charge in [0.25, 0.3) is 5.91 Å². The van der Waals surface area contributed by atoms with Gasteiger partial charge in [0.15, 0.2) is 0 Å². The molecule has 5 heteroatoms. The number of nitrogens with zero attached hydrogens (tertiary/aromatic N) is 1. The number of nitrogens with one attached hydrogen (secondary N) is 1. The lowest BCUT2D eigenvalue weighted by molar-refractivity contribution is -0.123. The van der Waals surface area contributed by atoms with Crippen LogP contribution in [0.2, 0.25) is 0 Å². The van der Waals surface area contributed by atoms with Crippen LogP contribution in [-0.2, 0) is 11.3 Å². The Balaban J connectivity index is 2.09. The molecule has 1 aromatic heterocycles. The molecule has 0 fully saturated rings. The van der Waals surface area contributed by atoms with Crippen LogP contribution in [0.3, 0.4) is 0 Å². The summed E-state index contributed by atoms with van der Waals surface area (Å²) in [6.07, 6.45) is 0. The summed E-state index contributed by atoms with van der Waals surface area (Å²) in [6.45, 7) is 6.14. The lowest BCUT2D eigenvalue weighted by Crippen LogP contribution is -2.28. The minimum absolute atomic E-state index is 0.0646. The molecule has 0 aliphatic carbocycles. The average molecular weight is 330 g/mol. The van der Waals surface area contributed by atoms with E-state index in [4.69, 9.17) is 0 Å². The van der Waals surface area contributed by atoms with Crippen LogP contribution >= 0.6 is 11.3 Å². The first-order valence-electron chi connectivity index (χ1n) is 7.47. The summed E-state index contributed by atoms with van der Waals surface area (Å²) in [5.74, 6) is -0.140. The molecule has 23 heavy (non-hydrogen) atoms. The number of thiophene rings is 1. The Kier molecular flexibility index (Phi) is 5.21. The molecule has 4 nitrogen and oxygen atoms in total. The number of hydrogen-bond donors (Lipinski definition) is 1. The van der Waals surface area contributed by atoms with Crippen LogP contribution in [0.4, 0.5) is 5.69 Å². The second-order valence-electron chi connectivity index (χ2n) is 6.53. The summed E-state index contributed by atoms with van der Waals surface area (Å²) in [7, 11) is 1.78. The summed E-state index contributed by atoms with van der Waals surface area (Å²) < 4.78 is 0. The topological polar surface area (TPSA) is 49.4 Å². The molecule has 122 valence electrons. The summed E-state index contributed by atoms with van der Waals surface area (Å²) >= 11 is 1.63. The van der Waals surface area contributed by atoms with Gasteiger partial charge in [-0.2, -0.15) is 0 Å². The molecule has 0 unspecified atom stereocenters. The predicted octanol–water partition coefficient (Wildman–Crippen LogP) is 4.00. The summed E-state index contributed by atoms with van der Waals surface area (Å²) in [5, 5.41) is 4.85. The Bertz CT molecular complexity index is 687. The minimum atomic E-state index is -0.476. The lowest BCUT2D eigenvalue weighted by atomic mass is 9.95. The summed E-state index contributed by atoms with van der Waals surface area (Å²) in [5.41, 5.74) is 0.728. The van der Waals surface area contributed by atoms with Crippen molar-refractivity contribution in [2.45, 2.75) is 27.3 Å². The second-order valence-corrected chi connectivity index (χ2v) is 7.56. The van der Waals surface area contributed by atoms with Crippen molar-refractivity contribution in [3.8, 4) is 0 Å². The molecule has 0 aliphatic rings. The first kappa shape index (κ1) is 17.2. The third-order valence-corrected chi connectivity index (χ3v) is 4.23. The first-order valence-corrected chi connectivity index (χ1v) is 8.35. The molecule has 1 heterocycles. The fourth-order valence-corrected chi connectivity index (χ4v) is 2.73. The van der Waals surface area contributed by atoms with Crippen LogP contribution in [0.25, 0.3) is 0 Å². The van der Waals surface area contributed by atoms with E-state index in [0.717, 1.165) is 4.88 Å². The Morgan fingerprint density at radius 2 is 1.91 bits per heavy atom. The van der Waals surface area contributed by atoms with Gasteiger partial charge in [0, 0.05) is 28.6 Å². The molecular weight excluding hydrogens is 308 g/mol. The van der Waals surface area contributed by atoms with Gasteiger partial charge in [-0.3, -0.25) is 9.59 Å². The number of carbonyl (C=O) groups is 2. The third kappa shape index (κ3) is 4.66. The fraction of sp³-hybridized carbons (Fsp3) is 0.333. The predicted molar refractivity (Wildman–Crippen MR) is 94.6 cm³/mol. The van der Waals surface area contributed by atoms with Gasteiger partial charge in [-0.15, -0.1) is 11.3 Å². The molecule has 2 rings (SSSR count). The number of rotatable bonds is 4. The van der Waals surface area contributed by atoms with Gasteiger partial charge >= 0.3 is 0 Å². The lowest BCUT2D eigenvalue weighted by Gasteiger charge is -2.19. The highest BCUT2D eigenvalue weighted by atomic mass is 32.1. The van der Waals surface area contributed by atoms with Crippen molar-refractivity contribution in [2.75, 3.05) is 12.4 Å². The summed E-state index contributed by atoms with van der Waals surface area (Å²) in [6, 6.07) is 11.0. The maximum absolute atomic E-state index is 12.5. The molecule has 0 radical (unpaired) electrons. The zero-order valence-corrected chi connectivity index (χ0v) is 14.7. The average Bonchev–Trinajstić information content (AvgIpc) is 2.98. The van der Waals surface area contributed by atoms with E-state index < -0.39 is 5.41 Å². The van der Waals surface area contributed by atoms with Crippen molar-refractivity contribution in [1.82, 2.24) is 4.90 Å². The maximum atomic E-state index is 12.5. The van der Waals surface area contributed by atoms with Crippen molar-refractivity contribution in [2.24, 2.45) is 5.41 Å². The Hall–Kier alpha value is -2.14. The van der Waals surface area contributed by atoms with Gasteiger partial charge in [0.1, 0.15) is 0 Å². The van der Waals surface area contributed by atoms with Crippen LogP contribution in [0, 0.1) is 5.41 Å². The van der Waals surface area contributed by atoms with Crippen molar-refractivity contribution in [3.63, 3.8) is 0 Å². The SMILES string of the molecule is CN(Cc1cccs1)C(=O)c1cccc(NC(=O)C(C)(C)C)c1. The van der Waals surface area contributed by atoms with Crippen molar-refractivity contribution in [3.05, 3.63) is 52.2 Å². The van der Waals surface area contributed by atoms with Crippen LogP contribution < -0.4 is 5.32 Å². The Morgan fingerprint density at radius 3 is 2.52 bits per heavy atom. The number of carbonyl (C=O) groups excluding carboxylic acids is 2. The molecule has 0 bridgehead atoms. The van der Waals surface area contributed by atoms with Gasteiger partial charge < -0.3 is 10.2 Å². The number of anilines is 1. The van der Waals surface area contributed by atoms with Gasteiger partial charge in [-0.1, -0.05) is 32.9 Å². The van der Waals surface area contributed by atoms with Crippen LogP contribution in [0.15, 0.2) is 41.8 Å². The molecular formula is C18H22N2O2S. The van der Waals surface area contributed by atoms with Gasteiger partial charge in [0.05, 0.1) is 6.54 Å². The molecule has 2 amide bonds. The molecule has 2 aromatic rings. The smallest absolute Gasteiger partial charge is 0.253 e. The van der Waals surface area contributed by atoms with E-state index in [9.17, 15) is 9.59 Å². The second kappa shape index (κ2) is 6.96. The van der Waals surface area contributed by atoms with E-state index in [1.165, 1.54) is 0 Å². The maximum Gasteiger partial charge on any atom is 0.253 e. The van der Waals surface area contributed by atoms with E-state index in [2.05, 4.69) is 5.32 Å². The number of hydrogen-bond acceptors (Lipinski definition) is 3. The zero-order valence-electron chi connectivity index (χ0n) is 13.9. The van der Waals surface area contributed by atoms with Crippen molar-refractivity contribution >= 4 is 28.8 Å². The Morgan fingerprint density at radius 1 is 1.17 bits per heavy atom. The molecule has 0 atom stereocenters. The molecule has 0 spiro atoms. The minimum Gasteiger partial charge on any atom is -0.337 e. The highest BCUT2D eigenvalue weighted by Gasteiger charge is 2.21. The van der Waals surface area contributed by atoms with E-state index in [1.807, 2.05) is 38.3 Å². The molecule has 0 aliphatic heterocycles. The van der Waals surface area contributed by atoms with Crippen LogP contribution in [0.5, 0.6) is 0 Å². The normalized spacial score (nSPS) is 11.1. The van der Waals surface area contributed by atoms with Gasteiger partial charge in [-0.05, 0) is 29.6 Å². The highest BCUT2D eigenvalue weighted by Crippen LogP contribution is 2.19. The van der Waals surface area contributed by atoms with Crippen LogP contribution in [-0.4, -0.2) is 23.8 Å². The van der Waals surface area contributed by atoms with E-state index in [1.54, 1.807) is 47.5 Å². The standard InChI is InChI=1S/C18H22N2O2S/c1-18(2,3)17(22)19-14-8-5-7-13(11-14)16(21)20(4)12-15-9-6-10-23-15/h5-11H,12H2,1-4H3,(H,19,22). The zero-order chi connectivity index (χ0) is 17.0. The van der Waals surface area contributed by atoms with E-state index in [-0.39, 0.29) is 11.8 Å². The Labute approximate surface area is 141 Å². The van der Waals surface area contributed by atoms with E-state index >= 15 is 0 Å². The van der Waals surface area contributed by atoms with E-state index in [0.29, 0.717) is 17.8 Å². The molecule has 1 N–H and O–H groups in total. The van der Waals surface area contributed by atoms with Crippen molar-refractivity contribution < 1.29 is 9.59 Å². The van der Waals surface area contributed by atoms with Crippen LogP contribution in [0.1, 0.15) is 36.0 Å². The van der Waals surface area contributed by atoms with Crippen molar-refractivity contribution in [1.29, 1.82) is 0 Å². The first-order chi connectivity index (χ1) is 10.8. The number of amides is 2. The summed E-state index contributed by atoms with van der Waals surface area (Å²) in [4.78, 5) is 27.4. The number of benzene rings is 1. The monoisotopic (exact) mass is 330 g/mol. The third-order valence-electron chi connectivity index (χ3n) is 3.37. The highest BCUT2D eigenvalue weighted by molar-refractivity contribution is 7.09. The van der Waals surface area contributed by atoms with Gasteiger partial charge in [0.2, 0.25) is 5.91 Å². The largest absolute Gasteiger partial charge is 0.337 e. The molecule has 0 saturated carbocycles. The fourth-order valence-electron chi connectivity index (χ4n) is 1.98. The van der Waals surface area contributed by atoms with Gasteiger partial charge in [-0.25, -0.2) is 0 Å². The quantitative estimate of drug-likeness (QED) is 0.921. The molecule has 1 aromatic carbocycles. The molecule has 0 saturated heterocycles.